The van der Waals surface area contributed by atoms with E-state index in [1.54, 1.807) is 0 Å². The van der Waals surface area contributed by atoms with Crippen molar-refractivity contribution in [2.45, 2.75) is 0 Å². The molecule has 1 aromatic rings. The van der Waals surface area contributed by atoms with Crippen LogP contribution in [0.4, 0.5) is 0 Å². The molecule has 64 valence electrons. The molecule has 0 fully saturated rings. The highest BCUT2D eigenvalue weighted by Crippen LogP contribution is 2.04. The van der Waals surface area contributed by atoms with Crippen molar-refractivity contribution in [3.63, 3.8) is 0 Å². The second-order valence-electron chi connectivity index (χ2n) is 2.19. The summed E-state index contributed by atoms with van der Waals surface area (Å²) >= 11 is 0. The van der Waals surface area contributed by atoms with Gasteiger partial charge < -0.3 is 10.2 Å². The number of carboxylic acid groups (broad SMARTS) is 2. The fraction of sp³-hybridized carbons (Fsp3) is 0. The van der Waals surface area contributed by atoms with E-state index >= 15 is 0 Å². The molecular formula is C8H6MgO4. The Kier molecular flexibility index (Phi) is 4.43. The Morgan fingerprint density at radius 3 is 1.69 bits per heavy atom. The highest BCUT2D eigenvalue weighted by atomic mass is 24.3. The predicted octanol–water partition coefficient (Wildman–Crippen LogP) is 0.702. The van der Waals surface area contributed by atoms with Crippen molar-refractivity contribution in [1.29, 1.82) is 0 Å². The quantitative estimate of drug-likeness (QED) is 0.673. The molecule has 1 rings (SSSR count). The molecule has 1 aromatic carbocycles. The molecule has 0 saturated heterocycles. The standard InChI is InChI=1S/C8H6O4.Mg/c9-7(10)5-2-1-3-6(4-5)8(11)12;/h1-4H,(H,9,10)(H,11,12);. The van der Waals surface area contributed by atoms with Crippen LogP contribution in [0.2, 0.25) is 0 Å². The van der Waals surface area contributed by atoms with E-state index in [1.807, 2.05) is 0 Å². The van der Waals surface area contributed by atoms with Gasteiger partial charge in [-0.2, -0.15) is 0 Å². The molecular weight excluding hydrogens is 184 g/mol. The second-order valence-corrected chi connectivity index (χ2v) is 2.19. The van der Waals surface area contributed by atoms with E-state index < -0.39 is 11.9 Å². The number of hydrogen-bond donors (Lipinski definition) is 2. The van der Waals surface area contributed by atoms with Crippen molar-refractivity contribution < 1.29 is 19.8 Å². The Balaban J connectivity index is 0.00000144. The normalized spacial score (nSPS) is 8.62. The molecule has 0 spiro atoms. The van der Waals surface area contributed by atoms with E-state index in [9.17, 15) is 9.59 Å². The molecule has 0 aliphatic rings. The highest BCUT2D eigenvalue weighted by molar-refractivity contribution is 5.93. The maximum atomic E-state index is 10.4. The molecule has 0 atom stereocenters. The van der Waals surface area contributed by atoms with E-state index in [1.165, 1.54) is 18.2 Å². The first-order chi connectivity index (χ1) is 5.61. The van der Waals surface area contributed by atoms with Gasteiger partial charge in [0.25, 0.3) is 0 Å². The van der Waals surface area contributed by atoms with Crippen LogP contribution in [0.3, 0.4) is 0 Å². The summed E-state index contributed by atoms with van der Waals surface area (Å²) in [5.41, 5.74) is -0.0372. The zero-order valence-corrected chi connectivity index (χ0v) is 8.14. The lowest BCUT2D eigenvalue weighted by Gasteiger charge is -1.95. The molecule has 0 aromatic heterocycles. The van der Waals surface area contributed by atoms with Crippen LogP contribution in [-0.2, 0) is 0 Å². The third-order valence-corrected chi connectivity index (χ3v) is 1.36. The summed E-state index contributed by atoms with van der Waals surface area (Å²) in [7, 11) is 0. The van der Waals surface area contributed by atoms with Gasteiger partial charge in [-0.1, -0.05) is 6.07 Å². The Bertz CT molecular complexity index is 305. The average molecular weight is 190 g/mol. The largest absolute Gasteiger partial charge is 0.478 e. The molecule has 0 aliphatic carbocycles. The monoisotopic (exact) mass is 190 g/mol. The summed E-state index contributed by atoms with van der Waals surface area (Å²) in [5, 5.41) is 17.0. The number of benzene rings is 1. The summed E-state index contributed by atoms with van der Waals surface area (Å²) in [6, 6.07) is 5.20. The molecule has 0 saturated carbocycles. The average Bonchev–Trinajstić information content (AvgIpc) is 2.04. The smallest absolute Gasteiger partial charge is 0.335 e. The number of carboxylic acids is 2. The minimum absolute atomic E-state index is 0. The molecule has 0 bridgehead atoms. The minimum atomic E-state index is -1.13. The van der Waals surface area contributed by atoms with Gasteiger partial charge >= 0.3 is 11.9 Å². The van der Waals surface area contributed by atoms with Crippen LogP contribution in [0.15, 0.2) is 24.3 Å². The van der Waals surface area contributed by atoms with Crippen LogP contribution in [0.25, 0.3) is 0 Å². The topological polar surface area (TPSA) is 74.6 Å². The van der Waals surface area contributed by atoms with Crippen LogP contribution in [0.5, 0.6) is 0 Å². The molecule has 0 amide bonds. The van der Waals surface area contributed by atoms with Crippen molar-refractivity contribution in [3.05, 3.63) is 35.4 Å². The first-order valence-electron chi connectivity index (χ1n) is 3.18. The predicted molar refractivity (Wildman–Crippen MR) is 46.1 cm³/mol. The van der Waals surface area contributed by atoms with Crippen molar-refractivity contribution >= 4 is 35.0 Å². The van der Waals surface area contributed by atoms with Gasteiger partial charge in [0.1, 0.15) is 0 Å². The van der Waals surface area contributed by atoms with Gasteiger partial charge in [0, 0.05) is 23.1 Å². The molecule has 0 heterocycles. The number of rotatable bonds is 2. The third kappa shape index (κ3) is 3.04. The Labute approximate surface area is 90.3 Å². The summed E-state index contributed by atoms with van der Waals surface area (Å²) in [6.07, 6.45) is 0. The van der Waals surface area contributed by atoms with Gasteiger partial charge in [0.05, 0.1) is 11.1 Å². The van der Waals surface area contributed by atoms with Gasteiger partial charge in [-0.3, -0.25) is 0 Å². The van der Waals surface area contributed by atoms with Gasteiger partial charge in [-0.05, 0) is 18.2 Å². The lowest BCUT2D eigenvalue weighted by molar-refractivity contribution is 0.0696. The zero-order valence-electron chi connectivity index (χ0n) is 6.73. The first-order valence-corrected chi connectivity index (χ1v) is 3.18. The van der Waals surface area contributed by atoms with Gasteiger partial charge in [0.15, 0.2) is 0 Å². The number of hydrogen-bond acceptors (Lipinski definition) is 2. The summed E-state index contributed by atoms with van der Waals surface area (Å²) in [5.74, 6) is -2.25. The van der Waals surface area contributed by atoms with E-state index in [0.717, 1.165) is 6.07 Å². The molecule has 0 aliphatic heterocycles. The number of carbonyl (C=O) groups is 2. The maximum Gasteiger partial charge on any atom is 0.335 e. The SMILES string of the molecule is O=C(O)c1cccc(C(=O)O)c1.[Mg]. The van der Waals surface area contributed by atoms with E-state index in [4.69, 9.17) is 10.2 Å². The van der Waals surface area contributed by atoms with E-state index in [-0.39, 0.29) is 34.2 Å². The number of aromatic carboxylic acids is 2. The van der Waals surface area contributed by atoms with E-state index in [2.05, 4.69) is 0 Å². The van der Waals surface area contributed by atoms with Crippen LogP contribution in [-0.4, -0.2) is 45.2 Å². The van der Waals surface area contributed by atoms with Crippen molar-refractivity contribution in [1.82, 2.24) is 0 Å². The van der Waals surface area contributed by atoms with Gasteiger partial charge in [-0.25, -0.2) is 9.59 Å². The molecule has 5 heteroatoms. The molecule has 4 nitrogen and oxygen atoms in total. The van der Waals surface area contributed by atoms with Crippen LogP contribution in [0.1, 0.15) is 20.7 Å². The lowest BCUT2D eigenvalue weighted by atomic mass is 10.1. The van der Waals surface area contributed by atoms with Gasteiger partial charge in [-0.15, -0.1) is 0 Å². The fourth-order valence-electron chi connectivity index (χ4n) is 0.785. The fourth-order valence-corrected chi connectivity index (χ4v) is 0.785. The zero-order chi connectivity index (χ0) is 9.14. The molecule has 13 heavy (non-hydrogen) atoms. The molecule has 0 unspecified atom stereocenters. The Hall–Kier alpha value is -1.07. The first kappa shape index (κ1) is 11.9. The summed E-state index contributed by atoms with van der Waals surface area (Å²) in [6.45, 7) is 0. The van der Waals surface area contributed by atoms with Gasteiger partial charge in [0.2, 0.25) is 0 Å². The minimum Gasteiger partial charge on any atom is -0.478 e. The maximum absolute atomic E-state index is 10.4. The summed E-state index contributed by atoms with van der Waals surface area (Å²) in [4.78, 5) is 20.8. The van der Waals surface area contributed by atoms with Crippen LogP contribution < -0.4 is 0 Å². The lowest BCUT2D eigenvalue weighted by Crippen LogP contribution is -2.01. The summed E-state index contributed by atoms with van der Waals surface area (Å²) < 4.78 is 0. The Morgan fingerprint density at radius 1 is 1.00 bits per heavy atom. The third-order valence-electron chi connectivity index (χ3n) is 1.36. The van der Waals surface area contributed by atoms with Crippen molar-refractivity contribution in [3.8, 4) is 0 Å². The van der Waals surface area contributed by atoms with Crippen LogP contribution in [0, 0.1) is 0 Å². The van der Waals surface area contributed by atoms with Crippen molar-refractivity contribution in [2.24, 2.45) is 0 Å². The molecule has 2 radical (unpaired) electrons. The Morgan fingerprint density at radius 2 is 1.38 bits per heavy atom. The van der Waals surface area contributed by atoms with Crippen molar-refractivity contribution in [2.75, 3.05) is 0 Å². The van der Waals surface area contributed by atoms with E-state index in [0.29, 0.717) is 0 Å². The highest BCUT2D eigenvalue weighted by Gasteiger charge is 2.06. The molecule has 2 N–H and O–H groups in total. The second kappa shape index (κ2) is 4.83. The van der Waals surface area contributed by atoms with Crippen LogP contribution >= 0.6 is 0 Å².